The number of carbonyl (C=O) groups excluding carboxylic acids is 2. The Morgan fingerprint density at radius 1 is 1.12 bits per heavy atom. The van der Waals surface area contributed by atoms with Crippen molar-refractivity contribution < 1.29 is 19.1 Å². The van der Waals surface area contributed by atoms with Crippen LogP contribution in [-0.4, -0.2) is 25.2 Å². The molecule has 0 saturated heterocycles. The van der Waals surface area contributed by atoms with Crippen molar-refractivity contribution in [2.24, 2.45) is 0 Å². The average Bonchev–Trinajstić information content (AvgIpc) is 2.26. The van der Waals surface area contributed by atoms with E-state index in [1.54, 1.807) is 6.92 Å². The van der Waals surface area contributed by atoms with Crippen LogP contribution in [0, 0.1) is 0 Å². The lowest BCUT2D eigenvalue weighted by Crippen LogP contribution is -2.10. The van der Waals surface area contributed by atoms with Gasteiger partial charge in [0.1, 0.15) is 0 Å². The highest BCUT2D eigenvalue weighted by Crippen LogP contribution is 2.04. The zero-order chi connectivity index (χ0) is 12.6. The molecule has 0 aliphatic heterocycles. The van der Waals surface area contributed by atoms with E-state index in [0.29, 0.717) is 12.0 Å². The molecule has 0 heterocycles. The first kappa shape index (κ1) is 14.4. The number of hydrogen-bond donors (Lipinski definition) is 0. The topological polar surface area (TPSA) is 52.6 Å². The summed E-state index contributed by atoms with van der Waals surface area (Å²) in [4.78, 5) is 22.0. The molecular formula is C12H18O4. The molecule has 0 radical (unpaired) electrons. The van der Waals surface area contributed by atoms with E-state index < -0.39 is 5.97 Å². The Morgan fingerprint density at radius 3 is 2.19 bits per heavy atom. The van der Waals surface area contributed by atoms with E-state index in [9.17, 15) is 9.59 Å². The lowest BCUT2D eigenvalue weighted by atomic mass is 10.2. The quantitative estimate of drug-likeness (QED) is 0.395. The maximum absolute atomic E-state index is 11.3. The van der Waals surface area contributed by atoms with Crippen LogP contribution in [-0.2, 0) is 19.1 Å². The van der Waals surface area contributed by atoms with Gasteiger partial charge < -0.3 is 9.47 Å². The van der Waals surface area contributed by atoms with Gasteiger partial charge in [0.25, 0.3) is 0 Å². The van der Waals surface area contributed by atoms with E-state index in [4.69, 9.17) is 9.47 Å². The lowest BCUT2D eigenvalue weighted by molar-refractivity contribution is -0.140. The summed E-state index contributed by atoms with van der Waals surface area (Å²) in [6.45, 7) is 9.15. The Morgan fingerprint density at radius 2 is 1.69 bits per heavy atom. The molecule has 16 heavy (non-hydrogen) atoms. The van der Waals surface area contributed by atoms with E-state index in [1.807, 2.05) is 13.8 Å². The number of esters is 2. The second-order valence-corrected chi connectivity index (χ2v) is 3.49. The first-order valence-electron chi connectivity index (χ1n) is 5.09. The monoisotopic (exact) mass is 226 g/mol. The normalized spacial score (nSPS) is 9.19. The molecule has 0 saturated carbocycles. The van der Waals surface area contributed by atoms with Crippen molar-refractivity contribution in [1.29, 1.82) is 0 Å². The van der Waals surface area contributed by atoms with Gasteiger partial charge >= 0.3 is 11.9 Å². The standard InChI is InChI=1S/C12H18O4/c1-5-11(13)15-7-6-8-16-12(14)10(4)9(2)3/h5H,1,6-8H2,2-4H3. The second kappa shape index (κ2) is 7.68. The smallest absolute Gasteiger partial charge is 0.333 e. The van der Waals surface area contributed by atoms with Crippen LogP contribution in [0.5, 0.6) is 0 Å². The molecule has 0 N–H and O–H groups in total. The molecule has 0 spiro atoms. The van der Waals surface area contributed by atoms with Gasteiger partial charge in [-0.3, -0.25) is 0 Å². The van der Waals surface area contributed by atoms with Crippen LogP contribution in [0.1, 0.15) is 27.2 Å². The van der Waals surface area contributed by atoms with Gasteiger partial charge in [-0.25, -0.2) is 9.59 Å². The SMILES string of the molecule is C=CC(=O)OCCCOC(=O)C(C)=C(C)C. The molecule has 0 aromatic rings. The Kier molecular flexibility index (Phi) is 6.92. The predicted molar refractivity (Wildman–Crippen MR) is 60.8 cm³/mol. The van der Waals surface area contributed by atoms with Crippen LogP contribution in [0.2, 0.25) is 0 Å². The van der Waals surface area contributed by atoms with Crippen LogP contribution in [0.4, 0.5) is 0 Å². The molecule has 0 rings (SSSR count). The van der Waals surface area contributed by atoms with Gasteiger partial charge in [0.05, 0.1) is 13.2 Å². The number of ether oxygens (including phenoxy) is 2. The third kappa shape index (κ3) is 6.01. The molecule has 0 unspecified atom stereocenters. The van der Waals surface area contributed by atoms with Gasteiger partial charge in [0, 0.05) is 18.1 Å². The van der Waals surface area contributed by atoms with Gasteiger partial charge in [-0.05, 0) is 20.8 Å². The van der Waals surface area contributed by atoms with Crippen molar-refractivity contribution in [3.63, 3.8) is 0 Å². The number of rotatable bonds is 6. The Bertz CT molecular complexity index is 298. The van der Waals surface area contributed by atoms with E-state index >= 15 is 0 Å². The number of allylic oxidation sites excluding steroid dienone is 1. The van der Waals surface area contributed by atoms with Gasteiger partial charge in [-0.2, -0.15) is 0 Å². The van der Waals surface area contributed by atoms with Crippen molar-refractivity contribution >= 4 is 11.9 Å². The maximum atomic E-state index is 11.3. The number of hydrogen-bond acceptors (Lipinski definition) is 4. The Balaban J connectivity index is 3.68. The van der Waals surface area contributed by atoms with Gasteiger partial charge in [-0.1, -0.05) is 12.2 Å². The van der Waals surface area contributed by atoms with Crippen LogP contribution in [0.25, 0.3) is 0 Å². The van der Waals surface area contributed by atoms with Crippen molar-refractivity contribution in [3.05, 3.63) is 23.8 Å². The van der Waals surface area contributed by atoms with E-state index in [1.165, 1.54) is 0 Å². The summed E-state index contributed by atoms with van der Waals surface area (Å²) in [7, 11) is 0. The van der Waals surface area contributed by atoms with E-state index in [0.717, 1.165) is 11.6 Å². The molecule has 4 heteroatoms. The zero-order valence-corrected chi connectivity index (χ0v) is 10.0. The highest BCUT2D eigenvalue weighted by atomic mass is 16.5. The summed E-state index contributed by atoms with van der Waals surface area (Å²) in [6, 6.07) is 0. The third-order valence-corrected chi connectivity index (χ3v) is 1.99. The average molecular weight is 226 g/mol. The van der Waals surface area contributed by atoms with Crippen LogP contribution >= 0.6 is 0 Å². The highest BCUT2D eigenvalue weighted by Gasteiger charge is 2.06. The molecule has 0 bridgehead atoms. The van der Waals surface area contributed by atoms with E-state index in [2.05, 4.69) is 6.58 Å². The van der Waals surface area contributed by atoms with E-state index in [-0.39, 0.29) is 19.2 Å². The summed E-state index contributed by atoms with van der Waals surface area (Å²) in [5.41, 5.74) is 1.55. The van der Waals surface area contributed by atoms with Crippen molar-refractivity contribution in [1.82, 2.24) is 0 Å². The molecule has 0 aliphatic carbocycles. The van der Waals surface area contributed by atoms with Gasteiger partial charge in [0.2, 0.25) is 0 Å². The van der Waals surface area contributed by atoms with Crippen molar-refractivity contribution in [3.8, 4) is 0 Å². The van der Waals surface area contributed by atoms with Crippen LogP contribution in [0.3, 0.4) is 0 Å². The molecule has 0 fully saturated rings. The molecule has 90 valence electrons. The summed E-state index contributed by atoms with van der Waals surface area (Å²) in [5, 5.41) is 0. The van der Waals surface area contributed by atoms with Crippen LogP contribution < -0.4 is 0 Å². The molecule has 0 aromatic heterocycles. The largest absolute Gasteiger partial charge is 0.462 e. The fourth-order valence-corrected chi connectivity index (χ4v) is 0.768. The van der Waals surface area contributed by atoms with Gasteiger partial charge in [-0.15, -0.1) is 0 Å². The fourth-order valence-electron chi connectivity index (χ4n) is 0.768. The number of carbonyl (C=O) groups is 2. The molecule has 0 atom stereocenters. The van der Waals surface area contributed by atoms with Crippen molar-refractivity contribution in [2.45, 2.75) is 27.2 Å². The summed E-state index contributed by atoms with van der Waals surface area (Å²) < 4.78 is 9.69. The van der Waals surface area contributed by atoms with Crippen LogP contribution in [0.15, 0.2) is 23.8 Å². The summed E-state index contributed by atoms with van der Waals surface area (Å²) in [6.07, 6.45) is 1.58. The second-order valence-electron chi connectivity index (χ2n) is 3.49. The molecule has 0 aliphatic rings. The molecule has 0 aromatic carbocycles. The zero-order valence-electron chi connectivity index (χ0n) is 10.0. The minimum atomic E-state index is -0.466. The molecular weight excluding hydrogens is 208 g/mol. The molecule has 0 amide bonds. The van der Waals surface area contributed by atoms with Gasteiger partial charge in [0.15, 0.2) is 0 Å². The lowest BCUT2D eigenvalue weighted by Gasteiger charge is -2.06. The minimum Gasteiger partial charge on any atom is -0.462 e. The minimum absolute atomic E-state index is 0.228. The fraction of sp³-hybridized carbons (Fsp3) is 0.500. The maximum Gasteiger partial charge on any atom is 0.333 e. The first-order valence-corrected chi connectivity index (χ1v) is 5.09. The first-order chi connectivity index (χ1) is 7.49. The molecule has 4 nitrogen and oxygen atoms in total. The third-order valence-electron chi connectivity index (χ3n) is 1.99. The predicted octanol–water partition coefficient (Wildman–Crippen LogP) is 2.01. The Labute approximate surface area is 95.9 Å². The Hall–Kier alpha value is -1.58. The summed E-state index contributed by atoms with van der Waals surface area (Å²) >= 11 is 0. The highest BCUT2D eigenvalue weighted by molar-refractivity contribution is 5.88. The summed E-state index contributed by atoms with van der Waals surface area (Å²) in [5.74, 6) is -0.790. The van der Waals surface area contributed by atoms with Crippen molar-refractivity contribution in [2.75, 3.05) is 13.2 Å².